The Balaban J connectivity index is 1.65. The van der Waals surface area contributed by atoms with Crippen LogP contribution in [-0.4, -0.2) is 58.5 Å². The number of halogens is 1. The van der Waals surface area contributed by atoms with Crippen LogP contribution in [0.1, 0.15) is 73.9 Å². The number of likely N-dealkylation sites (N-methyl/N-ethyl adjacent to an activating group) is 1. The van der Waals surface area contributed by atoms with Crippen molar-refractivity contribution in [2.24, 2.45) is 5.73 Å². The zero-order valence-corrected chi connectivity index (χ0v) is 22.0. The topological polar surface area (TPSA) is 140 Å². The van der Waals surface area contributed by atoms with Gasteiger partial charge in [0.15, 0.2) is 11.5 Å². The second-order valence-electron chi connectivity index (χ2n) is 10.2. The highest BCUT2D eigenvalue weighted by Gasteiger charge is 2.30. The number of primary amides is 1. The highest BCUT2D eigenvalue weighted by molar-refractivity contribution is 5.96. The van der Waals surface area contributed by atoms with E-state index in [4.69, 9.17) is 10.5 Å². The number of rotatable bonds is 10. The predicted octanol–water partition coefficient (Wildman–Crippen LogP) is 3.42. The number of amides is 3. The number of hydrogen-bond acceptors (Lipinski definition) is 7. The average Bonchev–Trinajstić information content (AvgIpc) is 3.62. The third kappa shape index (κ3) is 8.12. The molecule has 1 aromatic carbocycles. The molecular weight excluding hydrogens is 479 g/mol. The van der Waals surface area contributed by atoms with Gasteiger partial charge in [-0.2, -0.15) is 0 Å². The number of aryl methyl sites for hydroxylation is 1. The molecule has 1 saturated carbocycles. The predicted molar refractivity (Wildman–Crippen MR) is 137 cm³/mol. The number of ether oxygens (including phenoxy) is 1. The summed E-state index contributed by atoms with van der Waals surface area (Å²) in [5, 5.41) is 5.72. The molecule has 3 amide bonds. The van der Waals surface area contributed by atoms with Crippen LogP contribution in [0.3, 0.4) is 0 Å². The first-order valence-corrected chi connectivity index (χ1v) is 12.3. The summed E-state index contributed by atoms with van der Waals surface area (Å²) in [5.41, 5.74) is 7.47. The minimum absolute atomic E-state index is 0.00781. The number of carbonyl (C=O) groups is 3. The van der Waals surface area contributed by atoms with E-state index in [0.717, 1.165) is 24.2 Å². The summed E-state index contributed by atoms with van der Waals surface area (Å²) in [6, 6.07) is 4.36. The van der Waals surface area contributed by atoms with Gasteiger partial charge in [0.1, 0.15) is 18.0 Å². The van der Waals surface area contributed by atoms with Crippen molar-refractivity contribution in [2.45, 2.75) is 64.9 Å². The van der Waals surface area contributed by atoms with Crippen LogP contribution in [0, 0.1) is 5.82 Å². The Labute approximate surface area is 216 Å². The molecule has 3 rings (SSSR count). The van der Waals surface area contributed by atoms with Crippen molar-refractivity contribution in [3.05, 3.63) is 46.7 Å². The zero-order chi connectivity index (χ0) is 27.3. The Morgan fingerprint density at radius 2 is 1.89 bits per heavy atom. The van der Waals surface area contributed by atoms with Gasteiger partial charge in [-0.25, -0.2) is 19.2 Å². The fourth-order valence-corrected chi connectivity index (χ4v) is 3.71. The van der Waals surface area contributed by atoms with Crippen LogP contribution in [0.15, 0.2) is 18.2 Å². The molecule has 1 fully saturated rings. The van der Waals surface area contributed by atoms with E-state index in [1.807, 2.05) is 6.92 Å². The summed E-state index contributed by atoms with van der Waals surface area (Å²) in [6.07, 6.45) is 2.40. The number of aromatic nitrogens is 2. The van der Waals surface area contributed by atoms with E-state index in [2.05, 4.69) is 20.6 Å². The minimum atomic E-state index is -0.720. The van der Waals surface area contributed by atoms with Gasteiger partial charge in [0.2, 0.25) is 5.91 Å². The van der Waals surface area contributed by atoms with Gasteiger partial charge in [-0.05, 0) is 70.2 Å². The Morgan fingerprint density at radius 3 is 2.49 bits per heavy atom. The van der Waals surface area contributed by atoms with Gasteiger partial charge < -0.3 is 26.0 Å². The third-order valence-electron chi connectivity index (χ3n) is 5.57. The maximum Gasteiger partial charge on any atom is 0.410 e. The number of benzene rings is 1. The molecular formula is C26H35FN6O4. The number of carbonyl (C=O) groups excluding carboxylic acids is 3. The van der Waals surface area contributed by atoms with Crippen molar-refractivity contribution in [3.63, 3.8) is 0 Å². The molecule has 1 aromatic heterocycles. The molecule has 0 saturated heterocycles. The Bertz CT molecular complexity index is 1180. The fraction of sp³-hybridized carbons (Fsp3) is 0.500. The maximum absolute atomic E-state index is 14.4. The Morgan fingerprint density at radius 1 is 1.19 bits per heavy atom. The molecule has 37 heavy (non-hydrogen) atoms. The lowest BCUT2D eigenvalue weighted by molar-refractivity contribution is -0.121. The Kier molecular flexibility index (Phi) is 8.67. The molecule has 2 aromatic rings. The summed E-state index contributed by atoms with van der Waals surface area (Å²) in [6.45, 7) is 7.24. The first-order valence-electron chi connectivity index (χ1n) is 12.3. The van der Waals surface area contributed by atoms with E-state index in [1.165, 1.54) is 24.1 Å². The number of hydrogen-bond donors (Lipinski definition) is 3. The van der Waals surface area contributed by atoms with Gasteiger partial charge in [-0.3, -0.25) is 9.59 Å². The quantitative estimate of drug-likeness (QED) is 0.441. The third-order valence-corrected chi connectivity index (χ3v) is 5.57. The fourth-order valence-electron chi connectivity index (χ4n) is 3.71. The van der Waals surface area contributed by atoms with Crippen molar-refractivity contribution in [2.75, 3.05) is 25.5 Å². The van der Waals surface area contributed by atoms with Gasteiger partial charge in [0.05, 0.1) is 11.4 Å². The van der Waals surface area contributed by atoms with Crippen molar-refractivity contribution in [1.29, 1.82) is 0 Å². The van der Waals surface area contributed by atoms with E-state index in [-0.39, 0.29) is 30.5 Å². The standard InChI is InChI=1S/C26H35FN6O4/c1-6-19-21(16-7-8-16)32-24(22(31-19)23(28)35)30-18-12-15(11-17(27)13-18)9-10-29-20(34)14-33(5)25(36)37-26(2,3)4/h11-13,16H,6-10,14H2,1-5H3,(H2,28,35)(H,29,34)(H,30,32). The molecule has 0 aliphatic heterocycles. The van der Waals surface area contributed by atoms with Gasteiger partial charge in [-0.1, -0.05) is 6.92 Å². The minimum Gasteiger partial charge on any atom is -0.444 e. The number of anilines is 2. The number of nitrogens with zero attached hydrogens (tertiary/aromatic N) is 3. The van der Waals surface area contributed by atoms with Gasteiger partial charge >= 0.3 is 6.09 Å². The summed E-state index contributed by atoms with van der Waals surface area (Å²) in [5.74, 6) is -1.07. The molecule has 0 bridgehead atoms. The molecule has 4 N–H and O–H groups in total. The smallest absolute Gasteiger partial charge is 0.410 e. The molecule has 0 atom stereocenters. The largest absolute Gasteiger partial charge is 0.444 e. The average molecular weight is 515 g/mol. The summed E-state index contributed by atoms with van der Waals surface area (Å²) in [4.78, 5) is 46.5. The SMILES string of the molecule is CCc1nc(C(N)=O)c(Nc2cc(F)cc(CCNC(=O)CN(C)C(=O)OC(C)(C)C)c2)nc1C1CC1. The number of nitrogens with one attached hydrogen (secondary N) is 2. The highest BCUT2D eigenvalue weighted by Crippen LogP contribution is 2.41. The van der Waals surface area contributed by atoms with Crippen LogP contribution < -0.4 is 16.4 Å². The first kappa shape index (κ1) is 27.8. The lowest BCUT2D eigenvalue weighted by Gasteiger charge is -2.24. The first-order chi connectivity index (χ1) is 17.4. The van der Waals surface area contributed by atoms with Crippen molar-refractivity contribution in [1.82, 2.24) is 20.2 Å². The number of nitrogens with two attached hydrogens (primary N) is 1. The van der Waals surface area contributed by atoms with Crippen molar-refractivity contribution in [3.8, 4) is 0 Å². The van der Waals surface area contributed by atoms with Crippen molar-refractivity contribution < 1.29 is 23.5 Å². The van der Waals surface area contributed by atoms with Gasteiger partial charge in [0, 0.05) is 25.2 Å². The lowest BCUT2D eigenvalue weighted by atomic mass is 10.1. The van der Waals surface area contributed by atoms with E-state index in [9.17, 15) is 18.8 Å². The highest BCUT2D eigenvalue weighted by atomic mass is 19.1. The van der Waals surface area contributed by atoms with E-state index in [1.54, 1.807) is 26.8 Å². The van der Waals surface area contributed by atoms with E-state index >= 15 is 0 Å². The molecule has 200 valence electrons. The summed E-state index contributed by atoms with van der Waals surface area (Å²) < 4.78 is 19.6. The van der Waals surface area contributed by atoms with Crippen LogP contribution in [-0.2, 0) is 22.4 Å². The zero-order valence-electron chi connectivity index (χ0n) is 22.0. The maximum atomic E-state index is 14.4. The van der Waals surface area contributed by atoms with Crippen LogP contribution in [0.25, 0.3) is 0 Å². The van der Waals surface area contributed by atoms with Crippen LogP contribution in [0.2, 0.25) is 0 Å². The molecule has 1 aliphatic carbocycles. The second kappa shape index (κ2) is 11.5. The molecule has 10 nitrogen and oxygen atoms in total. The Hall–Kier alpha value is -3.76. The van der Waals surface area contributed by atoms with Crippen LogP contribution in [0.5, 0.6) is 0 Å². The normalized spacial score (nSPS) is 13.1. The monoisotopic (exact) mass is 514 g/mol. The van der Waals surface area contributed by atoms with Crippen LogP contribution >= 0.6 is 0 Å². The summed E-state index contributed by atoms with van der Waals surface area (Å²) >= 11 is 0. The van der Waals surface area contributed by atoms with Gasteiger partial charge in [0.25, 0.3) is 5.91 Å². The lowest BCUT2D eigenvalue weighted by Crippen LogP contribution is -2.41. The van der Waals surface area contributed by atoms with Crippen LogP contribution in [0.4, 0.5) is 20.7 Å². The molecule has 0 spiro atoms. The second-order valence-corrected chi connectivity index (χ2v) is 10.2. The van der Waals surface area contributed by atoms with E-state index < -0.39 is 23.4 Å². The molecule has 0 radical (unpaired) electrons. The molecule has 0 unspecified atom stereocenters. The van der Waals surface area contributed by atoms with Crippen molar-refractivity contribution >= 4 is 29.4 Å². The summed E-state index contributed by atoms with van der Waals surface area (Å²) in [7, 11) is 1.48. The molecule has 11 heteroatoms. The molecule has 1 heterocycles. The molecule has 1 aliphatic rings. The van der Waals surface area contributed by atoms with E-state index in [0.29, 0.717) is 30.0 Å². The van der Waals surface area contributed by atoms with Gasteiger partial charge in [-0.15, -0.1) is 0 Å².